The molecule has 0 radical (unpaired) electrons. The van der Waals surface area contributed by atoms with Crippen LogP contribution in [0.1, 0.15) is 0 Å². The summed E-state index contributed by atoms with van der Waals surface area (Å²) in [6.07, 6.45) is 0. The molecule has 0 fully saturated rings. The molecule has 0 aliphatic carbocycles. The first-order chi connectivity index (χ1) is 35.5. The summed E-state index contributed by atoms with van der Waals surface area (Å²) in [5, 5.41) is 11.2. The second-order valence-electron chi connectivity index (χ2n) is 20.0. The number of para-hydroxylation sites is 1. The molecule has 0 amide bonds. The second kappa shape index (κ2) is 16.5. The number of anilines is 3. The molecule has 12 aromatic rings. The summed E-state index contributed by atoms with van der Waals surface area (Å²) in [7, 11) is -4.58. The SMILES string of the molecule is C[Si-]1(C)c2ccccc2-c2ccc(-n3c4ccccc4c4cc(-c5ccc(N(c6ccc(-c7ccccc7)cc6)c6ccc7c(c6)[Si-](c6ccccc6)(c6ccccc6)c6ccccc6-7)cc5)ccc43)cc21. The van der Waals surface area contributed by atoms with Crippen molar-refractivity contribution in [3.63, 3.8) is 0 Å². The summed E-state index contributed by atoms with van der Waals surface area (Å²) in [6.45, 7) is 5.00. The number of aromatic nitrogens is 1. The number of fused-ring (bicyclic) bond motifs is 9. The van der Waals surface area contributed by atoms with Gasteiger partial charge in [0.2, 0.25) is 0 Å². The first-order valence-corrected chi connectivity index (χ1v) is 30.2. The van der Waals surface area contributed by atoms with E-state index >= 15 is 0 Å². The Bertz CT molecular complexity index is 4010. The summed E-state index contributed by atoms with van der Waals surface area (Å²) >= 11 is 0. The molecule has 0 saturated heterocycles. The molecule has 0 bridgehead atoms. The zero-order chi connectivity index (χ0) is 48.0. The Morgan fingerprint density at radius 1 is 0.306 bits per heavy atom. The van der Waals surface area contributed by atoms with Gasteiger partial charge in [-0.1, -0.05) is 243 Å². The van der Waals surface area contributed by atoms with Crippen LogP contribution in [0.15, 0.2) is 267 Å². The molecule has 11 aromatic carbocycles. The second-order valence-corrected chi connectivity index (χ2v) is 28.1. The van der Waals surface area contributed by atoms with Crippen molar-refractivity contribution >= 4 is 86.1 Å². The molecule has 0 saturated carbocycles. The van der Waals surface area contributed by atoms with Crippen LogP contribution in [0, 0.1) is 0 Å². The van der Waals surface area contributed by atoms with Gasteiger partial charge in [0, 0.05) is 33.5 Å². The first-order valence-electron chi connectivity index (χ1n) is 25.2. The van der Waals surface area contributed by atoms with Crippen LogP contribution in [0.5, 0.6) is 0 Å². The molecule has 0 N–H and O–H groups in total. The van der Waals surface area contributed by atoms with E-state index in [0.717, 1.165) is 17.1 Å². The van der Waals surface area contributed by atoms with Crippen LogP contribution in [0.25, 0.3) is 72.0 Å². The lowest BCUT2D eigenvalue weighted by Gasteiger charge is -2.44. The average molecular weight is 951 g/mol. The van der Waals surface area contributed by atoms with Crippen molar-refractivity contribution in [2.45, 2.75) is 13.1 Å². The van der Waals surface area contributed by atoms with Crippen LogP contribution in [0.2, 0.25) is 13.1 Å². The Labute approximate surface area is 423 Å². The Hall–Kier alpha value is -8.55. The third-order valence-electron chi connectivity index (χ3n) is 15.9. The first kappa shape index (κ1) is 42.3. The Kier molecular flexibility index (Phi) is 9.72. The quantitative estimate of drug-likeness (QED) is 0.138. The zero-order valence-corrected chi connectivity index (χ0v) is 42.3. The van der Waals surface area contributed by atoms with Gasteiger partial charge < -0.3 is 9.47 Å². The smallest absolute Gasteiger partial charge is 0.0541 e. The van der Waals surface area contributed by atoms with Crippen LogP contribution in [-0.4, -0.2) is 20.7 Å². The minimum Gasteiger partial charge on any atom is -0.311 e. The van der Waals surface area contributed by atoms with Crippen molar-refractivity contribution < 1.29 is 0 Å². The van der Waals surface area contributed by atoms with E-state index in [1.54, 1.807) is 0 Å². The van der Waals surface area contributed by atoms with Crippen LogP contribution < -0.4 is 36.0 Å². The zero-order valence-electron chi connectivity index (χ0n) is 40.3. The van der Waals surface area contributed by atoms with Gasteiger partial charge in [-0.3, -0.25) is 0 Å². The molecule has 2 nitrogen and oxygen atoms in total. The molecule has 1 aromatic heterocycles. The van der Waals surface area contributed by atoms with Gasteiger partial charge >= 0.3 is 0 Å². The van der Waals surface area contributed by atoms with Crippen molar-refractivity contribution in [3.05, 3.63) is 267 Å². The van der Waals surface area contributed by atoms with Crippen molar-refractivity contribution in [2.24, 2.45) is 0 Å². The predicted octanol–water partition coefficient (Wildman–Crippen LogP) is 13.7. The van der Waals surface area contributed by atoms with Crippen LogP contribution in [0.3, 0.4) is 0 Å². The summed E-state index contributed by atoms with van der Waals surface area (Å²) < 4.78 is 2.48. The van der Waals surface area contributed by atoms with E-state index in [1.807, 2.05) is 0 Å². The largest absolute Gasteiger partial charge is 0.311 e. The highest BCUT2D eigenvalue weighted by Gasteiger charge is 2.37. The van der Waals surface area contributed by atoms with E-state index in [4.69, 9.17) is 0 Å². The summed E-state index contributed by atoms with van der Waals surface area (Å²) in [6, 6.07) is 100. The minimum absolute atomic E-state index is 1.11. The average Bonchev–Trinajstić information content (AvgIpc) is 4.02. The third-order valence-corrected chi connectivity index (χ3v) is 24.3. The van der Waals surface area contributed by atoms with Gasteiger partial charge in [-0.05, 0) is 84.9 Å². The van der Waals surface area contributed by atoms with Crippen LogP contribution >= 0.6 is 0 Å². The summed E-state index contributed by atoms with van der Waals surface area (Å²) in [4.78, 5) is 2.45. The fourth-order valence-electron chi connectivity index (χ4n) is 12.5. The Morgan fingerprint density at radius 3 is 1.46 bits per heavy atom. The molecule has 0 unspecified atom stereocenters. The molecule has 72 heavy (non-hydrogen) atoms. The highest BCUT2D eigenvalue weighted by atomic mass is 28.3. The van der Waals surface area contributed by atoms with E-state index in [2.05, 4.69) is 289 Å². The van der Waals surface area contributed by atoms with Gasteiger partial charge in [-0.2, -0.15) is 44.2 Å². The maximum absolute atomic E-state index is 2.72. The van der Waals surface area contributed by atoms with Crippen molar-refractivity contribution in [1.29, 1.82) is 0 Å². The van der Waals surface area contributed by atoms with Gasteiger partial charge in [-0.15, -0.1) is 0 Å². The van der Waals surface area contributed by atoms with E-state index in [-0.39, 0.29) is 0 Å². The maximum Gasteiger partial charge on any atom is 0.0541 e. The van der Waals surface area contributed by atoms with Crippen LogP contribution in [-0.2, 0) is 0 Å². The Morgan fingerprint density at radius 2 is 0.778 bits per heavy atom. The van der Waals surface area contributed by atoms with Crippen LogP contribution in [0.4, 0.5) is 17.1 Å². The molecular weight excluding hydrogens is 901 g/mol. The number of benzene rings is 11. The molecular formula is C68H50N2Si2-2. The normalized spacial score (nSPS) is 13.6. The monoisotopic (exact) mass is 950 g/mol. The third kappa shape index (κ3) is 6.39. The molecule has 2 aliphatic heterocycles. The van der Waals surface area contributed by atoms with Crippen molar-refractivity contribution in [3.8, 4) is 50.2 Å². The Balaban J connectivity index is 0.893. The lowest BCUT2D eigenvalue weighted by Crippen LogP contribution is -2.72. The molecule has 0 spiro atoms. The number of nitrogens with zero attached hydrogens (tertiary/aromatic N) is 2. The highest BCUT2D eigenvalue weighted by Crippen LogP contribution is 2.41. The topological polar surface area (TPSA) is 8.17 Å². The van der Waals surface area contributed by atoms with E-state index < -0.39 is 16.1 Å². The lowest BCUT2D eigenvalue weighted by atomic mass is 10.0. The van der Waals surface area contributed by atoms with Gasteiger partial charge in [0.25, 0.3) is 0 Å². The summed E-state index contributed by atoms with van der Waals surface area (Å²) in [5.74, 6) is 0. The molecule has 14 rings (SSSR count). The molecule has 342 valence electrons. The van der Waals surface area contributed by atoms with Gasteiger partial charge in [0.05, 0.1) is 11.0 Å². The van der Waals surface area contributed by atoms with E-state index in [0.29, 0.717) is 0 Å². The summed E-state index contributed by atoms with van der Waals surface area (Å²) in [5.41, 5.74) is 17.3. The van der Waals surface area contributed by atoms with Crippen molar-refractivity contribution in [2.75, 3.05) is 4.90 Å². The van der Waals surface area contributed by atoms with E-state index in [9.17, 15) is 0 Å². The standard InChI is InChI=1S/C68H50N2Si2/c1-71(2)65-28-16-13-25-58(65)60-41-40-54(45-67(60)71)70-63-27-15-12-24-57(63)62-44-50(34-43-64(62)70)49-32-37-52(38-33-49)69(51-35-30-48(31-36-51)47-18-6-3-7-19-47)53-39-42-61-59-26-14-17-29-66(59)72(68(61)46-53,55-20-8-4-9-21-55)56-22-10-5-11-23-56/h3-46H,1-2H3/q-2. The highest BCUT2D eigenvalue weighted by molar-refractivity contribution is 7.22. The number of hydrogen-bond donors (Lipinski definition) is 0. The van der Waals surface area contributed by atoms with Gasteiger partial charge in [0.15, 0.2) is 0 Å². The fourth-order valence-corrected chi connectivity index (χ4v) is 20.8. The molecule has 3 heterocycles. The molecule has 0 atom stereocenters. The minimum atomic E-state index is -2.72. The molecule has 2 aliphatic rings. The molecule has 4 heteroatoms. The van der Waals surface area contributed by atoms with Crippen molar-refractivity contribution in [1.82, 2.24) is 4.57 Å². The fraction of sp³-hybridized carbons (Fsp3) is 0.0294. The number of hydrogen-bond acceptors (Lipinski definition) is 1. The van der Waals surface area contributed by atoms with Gasteiger partial charge in [-0.25, -0.2) is 0 Å². The lowest BCUT2D eigenvalue weighted by molar-refractivity contribution is 1.18. The maximum atomic E-state index is 2.52. The predicted molar refractivity (Wildman–Crippen MR) is 311 cm³/mol. The van der Waals surface area contributed by atoms with E-state index in [1.165, 1.54) is 103 Å². The number of rotatable bonds is 8. The van der Waals surface area contributed by atoms with Gasteiger partial charge in [0.1, 0.15) is 0 Å².